The molecule has 0 unspecified atom stereocenters. The molecule has 30 heavy (non-hydrogen) atoms. The second kappa shape index (κ2) is 7.95. The minimum absolute atomic E-state index is 0.160. The van der Waals surface area contributed by atoms with Crippen LogP contribution in [0.3, 0.4) is 0 Å². The summed E-state index contributed by atoms with van der Waals surface area (Å²) in [6, 6.07) is 20.3. The Balaban J connectivity index is 1.27. The van der Waals surface area contributed by atoms with Gasteiger partial charge in [-0.25, -0.2) is 4.39 Å². The summed E-state index contributed by atoms with van der Waals surface area (Å²) in [7, 11) is 0. The van der Waals surface area contributed by atoms with Gasteiger partial charge in [0, 0.05) is 23.0 Å². The molecule has 5 nitrogen and oxygen atoms in total. The number of H-pyrrole nitrogens is 1. The maximum Gasteiger partial charge on any atom is 0.204 e. The minimum atomic E-state index is -0.160. The van der Waals surface area contributed by atoms with E-state index in [1.54, 1.807) is 6.07 Å². The predicted octanol–water partition coefficient (Wildman–Crippen LogP) is 5.15. The molecule has 1 aliphatic carbocycles. The molecular weight excluding hydrogens is 377 g/mol. The molecule has 1 fully saturated rings. The summed E-state index contributed by atoms with van der Waals surface area (Å²) in [6.07, 6.45) is 3.40. The molecule has 6 heteroatoms. The van der Waals surface area contributed by atoms with Crippen LogP contribution in [-0.4, -0.2) is 26.7 Å². The zero-order valence-corrected chi connectivity index (χ0v) is 16.8. The summed E-state index contributed by atoms with van der Waals surface area (Å²) in [6.45, 7) is 2.17. The van der Waals surface area contributed by atoms with Crippen LogP contribution in [-0.2, 0) is 0 Å². The number of benzene rings is 3. The first-order valence-electron chi connectivity index (χ1n) is 10.5. The van der Waals surface area contributed by atoms with Crippen LogP contribution in [0.2, 0.25) is 0 Å². The molecule has 152 valence electrons. The molecule has 0 amide bonds. The Labute approximate surface area is 174 Å². The van der Waals surface area contributed by atoms with E-state index in [0.717, 1.165) is 35.8 Å². The minimum Gasteiger partial charge on any atom is -0.307 e. The largest absolute Gasteiger partial charge is 0.307 e. The fourth-order valence-electron chi connectivity index (χ4n) is 4.73. The Hall–Kier alpha value is -3.12. The maximum atomic E-state index is 14.2. The van der Waals surface area contributed by atoms with E-state index in [1.807, 2.05) is 30.3 Å². The number of hydrogen-bond donors (Lipinski definition) is 2. The highest BCUT2D eigenvalue weighted by Crippen LogP contribution is 2.36. The molecule has 0 aliphatic heterocycles. The SMILES string of the molecule is C[C@@H](N[C@H]1CC[C@@H](c2ccc(-c3nn[nH]n3)cc2)C1)c1ccc(F)c2ccccc12. The molecule has 1 aromatic heterocycles. The first-order chi connectivity index (χ1) is 14.7. The summed E-state index contributed by atoms with van der Waals surface area (Å²) in [4.78, 5) is 0. The first-order valence-corrected chi connectivity index (χ1v) is 10.5. The van der Waals surface area contributed by atoms with Gasteiger partial charge in [0.2, 0.25) is 5.82 Å². The standard InChI is InChI=1S/C24H24FN5/c1-15(20-12-13-23(25)22-5-3-2-4-21(20)22)26-19-11-10-18(14-19)16-6-8-17(9-7-16)24-27-29-30-28-24/h2-9,12-13,15,18-19,26H,10-11,14H2,1H3,(H,27,28,29,30)/t15-,18-,19+/m1/s1. The monoisotopic (exact) mass is 401 g/mol. The van der Waals surface area contributed by atoms with Crippen molar-refractivity contribution in [1.29, 1.82) is 0 Å². The van der Waals surface area contributed by atoms with E-state index in [0.29, 0.717) is 23.2 Å². The molecule has 0 radical (unpaired) electrons. The third kappa shape index (κ3) is 3.59. The third-order valence-corrected chi connectivity index (χ3v) is 6.28. The molecule has 4 aromatic rings. The van der Waals surface area contributed by atoms with Gasteiger partial charge < -0.3 is 5.32 Å². The lowest BCUT2D eigenvalue weighted by Gasteiger charge is -2.22. The van der Waals surface area contributed by atoms with Crippen molar-refractivity contribution in [2.45, 2.75) is 44.2 Å². The van der Waals surface area contributed by atoms with Gasteiger partial charge in [0.15, 0.2) is 0 Å². The van der Waals surface area contributed by atoms with Crippen molar-refractivity contribution in [3.8, 4) is 11.4 Å². The van der Waals surface area contributed by atoms with Gasteiger partial charge in [-0.05, 0) is 59.9 Å². The van der Waals surface area contributed by atoms with Crippen molar-refractivity contribution in [3.05, 3.63) is 77.6 Å². The molecule has 1 heterocycles. The predicted molar refractivity (Wildman–Crippen MR) is 115 cm³/mol. The van der Waals surface area contributed by atoms with Gasteiger partial charge in [-0.3, -0.25) is 0 Å². The zero-order chi connectivity index (χ0) is 20.5. The second-order valence-electron chi connectivity index (χ2n) is 8.13. The average molecular weight is 401 g/mol. The van der Waals surface area contributed by atoms with Crippen molar-refractivity contribution in [2.24, 2.45) is 0 Å². The molecule has 0 saturated heterocycles. The molecule has 3 aromatic carbocycles. The van der Waals surface area contributed by atoms with Gasteiger partial charge in [0.1, 0.15) is 5.82 Å². The van der Waals surface area contributed by atoms with E-state index in [2.05, 4.69) is 57.1 Å². The topological polar surface area (TPSA) is 66.5 Å². The number of halogens is 1. The zero-order valence-electron chi connectivity index (χ0n) is 16.8. The highest BCUT2D eigenvalue weighted by Gasteiger charge is 2.27. The Morgan fingerprint density at radius 3 is 2.57 bits per heavy atom. The molecule has 1 aliphatic rings. The molecule has 0 bridgehead atoms. The molecule has 0 spiro atoms. The number of fused-ring (bicyclic) bond motifs is 1. The van der Waals surface area contributed by atoms with Crippen LogP contribution in [0.4, 0.5) is 4.39 Å². The smallest absolute Gasteiger partial charge is 0.204 e. The van der Waals surface area contributed by atoms with Crippen LogP contribution >= 0.6 is 0 Å². The van der Waals surface area contributed by atoms with Crippen molar-refractivity contribution >= 4 is 10.8 Å². The molecule has 3 atom stereocenters. The van der Waals surface area contributed by atoms with Gasteiger partial charge in [0.25, 0.3) is 0 Å². The molecular formula is C24H24FN5. The van der Waals surface area contributed by atoms with Crippen LogP contribution in [0.25, 0.3) is 22.2 Å². The molecule has 2 N–H and O–H groups in total. The van der Waals surface area contributed by atoms with Gasteiger partial charge in [0.05, 0.1) is 0 Å². The Kier molecular flexibility index (Phi) is 5.01. The average Bonchev–Trinajstić information content (AvgIpc) is 3.47. The second-order valence-corrected chi connectivity index (χ2v) is 8.13. The van der Waals surface area contributed by atoms with Crippen LogP contribution < -0.4 is 5.32 Å². The van der Waals surface area contributed by atoms with Crippen molar-refractivity contribution < 1.29 is 4.39 Å². The highest BCUT2D eigenvalue weighted by atomic mass is 19.1. The van der Waals surface area contributed by atoms with Crippen molar-refractivity contribution in [2.75, 3.05) is 0 Å². The van der Waals surface area contributed by atoms with Crippen LogP contribution in [0.5, 0.6) is 0 Å². The molecule has 1 saturated carbocycles. The van der Waals surface area contributed by atoms with Gasteiger partial charge >= 0.3 is 0 Å². The lowest BCUT2D eigenvalue weighted by molar-refractivity contribution is 0.458. The van der Waals surface area contributed by atoms with Crippen molar-refractivity contribution in [1.82, 2.24) is 25.9 Å². The Morgan fingerprint density at radius 2 is 1.80 bits per heavy atom. The van der Waals surface area contributed by atoms with E-state index in [9.17, 15) is 4.39 Å². The summed E-state index contributed by atoms with van der Waals surface area (Å²) in [5.74, 6) is 0.999. The third-order valence-electron chi connectivity index (χ3n) is 6.28. The van der Waals surface area contributed by atoms with Crippen molar-refractivity contribution in [3.63, 3.8) is 0 Å². The van der Waals surface area contributed by atoms with Gasteiger partial charge in [-0.2, -0.15) is 5.21 Å². The summed E-state index contributed by atoms with van der Waals surface area (Å²) >= 11 is 0. The van der Waals surface area contributed by atoms with E-state index >= 15 is 0 Å². The number of rotatable bonds is 5. The number of aromatic nitrogens is 4. The lowest BCUT2D eigenvalue weighted by atomic mass is 9.96. The van der Waals surface area contributed by atoms with E-state index in [4.69, 9.17) is 0 Å². The van der Waals surface area contributed by atoms with Gasteiger partial charge in [-0.1, -0.05) is 54.6 Å². The van der Waals surface area contributed by atoms with Crippen LogP contribution in [0, 0.1) is 5.82 Å². The highest BCUT2D eigenvalue weighted by molar-refractivity contribution is 5.86. The number of hydrogen-bond acceptors (Lipinski definition) is 4. The summed E-state index contributed by atoms with van der Waals surface area (Å²) in [5.41, 5.74) is 3.48. The number of nitrogens with zero attached hydrogens (tertiary/aromatic N) is 3. The van der Waals surface area contributed by atoms with E-state index in [-0.39, 0.29) is 11.9 Å². The van der Waals surface area contributed by atoms with Gasteiger partial charge in [-0.15, -0.1) is 10.2 Å². The maximum absolute atomic E-state index is 14.2. The quantitative estimate of drug-likeness (QED) is 0.486. The number of aromatic amines is 1. The lowest BCUT2D eigenvalue weighted by Crippen LogP contribution is -2.29. The Morgan fingerprint density at radius 1 is 1.00 bits per heavy atom. The normalized spacial score (nSPS) is 19.9. The fourth-order valence-corrected chi connectivity index (χ4v) is 4.73. The summed E-state index contributed by atoms with van der Waals surface area (Å²) in [5, 5.41) is 19.6. The number of nitrogens with one attached hydrogen (secondary N) is 2. The number of tetrazole rings is 1. The van der Waals surface area contributed by atoms with Crippen LogP contribution in [0.1, 0.15) is 49.3 Å². The van der Waals surface area contributed by atoms with Crippen LogP contribution in [0.15, 0.2) is 60.7 Å². The first kappa shape index (κ1) is 18.9. The fraction of sp³-hybridized carbons (Fsp3) is 0.292. The molecule has 5 rings (SSSR count). The van der Waals surface area contributed by atoms with E-state index in [1.165, 1.54) is 5.56 Å². The Bertz CT molecular complexity index is 1140. The summed E-state index contributed by atoms with van der Waals surface area (Å²) < 4.78 is 14.2. The van der Waals surface area contributed by atoms with E-state index < -0.39 is 0 Å².